The van der Waals surface area contributed by atoms with Crippen LogP contribution in [0.15, 0.2) is 24.3 Å². The quantitative estimate of drug-likeness (QED) is 0.219. The number of benzene rings is 1. The van der Waals surface area contributed by atoms with Crippen LogP contribution in [-0.2, 0) is 35.3 Å². The number of cyclic esters (lactones) is 1. The van der Waals surface area contributed by atoms with Gasteiger partial charge in [-0.15, -0.1) is 0 Å². The predicted molar refractivity (Wildman–Crippen MR) is 89.4 cm³/mol. The summed E-state index contributed by atoms with van der Waals surface area (Å²) in [5, 5.41) is 0. The molecule has 0 N–H and O–H groups in total. The minimum absolute atomic E-state index is 0.0211. The third-order valence-electron chi connectivity index (χ3n) is 3.97. The number of carbonyl (C=O) groups is 4. The highest BCUT2D eigenvalue weighted by Gasteiger charge is 2.42. The van der Waals surface area contributed by atoms with E-state index in [4.69, 9.17) is 19.7 Å². The maximum absolute atomic E-state index is 12.3. The Bertz CT molecular complexity index is 781. The predicted octanol–water partition coefficient (Wildman–Crippen LogP) is 1.09. The average molecular weight is 374 g/mol. The van der Waals surface area contributed by atoms with Crippen molar-refractivity contribution in [3.05, 3.63) is 35.4 Å². The van der Waals surface area contributed by atoms with Crippen LogP contribution in [0.2, 0.25) is 0 Å². The van der Waals surface area contributed by atoms with Crippen LogP contribution in [0.3, 0.4) is 0 Å². The molecule has 1 aromatic carbocycles. The van der Waals surface area contributed by atoms with Gasteiger partial charge >= 0.3 is 24.1 Å². The monoisotopic (exact) mass is 374 g/mol. The second-order valence-corrected chi connectivity index (χ2v) is 5.94. The van der Waals surface area contributed by atoms with Gasteiger partial charge in [-0.2, -0.15) is 4.79 Å². The van der Waals surface area contributed by atoms with Gasteiger partial charge < -0.3 is 19.7 Å². The smallest absolute Gasteiger partial charge is 0.323 e. The van der Waals surface area contributed by atoms with Gasteiger partial charge in [0, 0.05) is 13.3 Å². The van der Waals surface area contributed by atoms with E-state index in [-0.39, 0.29) is 26.1 Å². The number of hydrogen-bond donors (Lipinski definition) is 0. The molecular weight excluding hydrogens is 356 g/mol. The summed E-state index contributed by atoms with van der Waals surface area (Å²) in [6.07, 6.45) is 0.791. The first-order valence-corrected chi connectivity index (χ1v) is 8.21. The molecule has 0 saturated carbocycles. The van der Waals surface area contributed by atoms with Crippen molar-refractivity contribution in [1.29, 1.82) is 0 Å². The summed E-state index contributed by atoms with van der Waals surface area (Å²) in [6.45, 7) is 1.17. The second-order valence-electron chi connectivity index (χ2n) is 5.94. The number of ketones is 1. The lowest BCUT2D eigenvalue weighted by molar-refractivity contribution is -0.152. The Labute approximate surface area is 154 Å². The number of esters is 3. The molecule has 1 saturated heterocycles. The molecule has 2 atom stereocenters. The molecule has 0 spiro atoms. The normalized spacial score (nSPS) is 18.2. The fourth-order valence-electron chi connectivity index (χ4n) is 2.62. The summed E-state index contributed by atoms with van der Waals surface area (Å²) in [5.41, 5.74) is 8.99. The van der Waals surface area contributed by atoms with Crippen LogP contribution in [0.4, 0.5) is 0 Å². The van der Waals surface area contributed by atoms with E-state index in [1.54, 1.807) is 24.3 Å². The van der Waals surface area contributed by atoms with Crippen molar-refractivity contribution in [2.45, 2.75) is 26.4 Å². The van der Waals surface area contributed by atoms with Crippen LogP contribution in [0.1, 0.15) is 25.3 Å². The summed E-state index contributed by atoms with van der Waals surface area (Å²) in [7, 11) is 0. The van der Waals surface area contributed by atoms with Crippen molar-refractivity contribution >= 4 is 29.9 Å². The molecule has 1 fully saturated rings. The molecule has 0 amide bonds. The van der Waals surface area contributed by atoms with Gasteiger partial charge in [0.25, 0.3) is 0 Å². The Morgan fingerprint density at radius 2 is 2.00 bits per heavy atom. The molecule has 0 aromatic heterocycles. The molecule has 2 rings (SSSR count). The van der Waals surface area contributed by atoms with Crippen molar-refractivity contribution in [1.82, 2.24) is 0 Å². The van der Waals surface area contributed by atoms with Gasteiger partial charge in [-0.3, -0.25) is 19.2 Å². The Hall–Kier alpha value is -3.32. The highest BCUT2D eigenvalue weighted by molar-refractivity contribution is 6.25. The molecule has 142 valence electrons. The van der Waals surface area contributed by atoms with Gasteiger partial charge in [0.15, 0.2) is 0 Å². The Morgan fingerprint density at radius 1 is 1.30 bits per heavy atom. The molecule has 0 bridgehead atoms. The fraction of sp³-hybridized carbons (Fsp3) is 0.389. The highest BCUT2D eigenvalue weighted by atomic mass is 16.6. The Kier molecular flexibility index (Phi) is 6.96. The van der Waals surface area contributed by atoms with E-state index in [1.807, 2.05) is 0 Å². The highest BCUT2D eigenvalue weighted by Crippen LogP contribution is 2.28. The number of carbonyl (C=O) groups excluding carboxylic acids is 4. The number of rotatable bonds is 8. The summed E-state index contributed by atoms with van der Waals surface area (Å²) in [4.78, 5) is 49.0. The van der Waals surface area contributed by atoms with Crippen molar-refractivity contribution < 1.29 is 38.2 Å². The average Bonchev–Trinajstić information content (AvgIpc) is 2.99. The maximum Gasteiger partial charge on any atom is 0.323 e. The zero-order chi connectivity index (χ0) is 19.8. The lowest BCUT2D eigenvalue weighted by Gasteiger charge is -2.14. The molecule has 27 heavy (non-hydrogen) atoms. The van der Waals surface area contributed by atoms with Crippen molar-refractivity contribution in [2.75, 3.05) is 6.61 Å². The van der Waals surface area contributed by atoms with E-state index in [1.165, 1.54) is 6.92 Å². The third kappa shape index (κ3) is 5.86. The van der Waals surface area contributed by atoms with Gasteiger partial charge in [-0.05, 0) is 24.1 Å². The first-order valence-electron chi connectivity index (χ1n) is 8.21. The lowest BCUT2D eigenvalue weighted by atomic mass is 9.90. The van der Waals surface area contributed by atoms with Crippen LogP contribution in [0, 0.1) is 11.8 Å². The first-order chi connectivity index (χ1) is 12.9. The first kappa shape index (κ1) is 20.0. The standard InChI is InChI=1S/C18H18N2O7/c1-11(21)27-14-5-2-12(3-6-14)9-25-18(24)16-10-26-17(23)15(16)7-4-13(22)8-20-19/h2-3,5-6,8,15-16H,4,7,9-10H2,1H3/t15-,16?/m1/s1. The van der Waals surface area contributed by atoms with E-state index >= 15 is 0 Å². The van der Waals surface area contributed by atoms with Gasteiger partial charge in [-0.25, -0.2) is 0 Å². The molecule has 1 aliphatic heterocycles. The van der Waals surface area contributed by atoms with E-state index in [2.05, 4.69) is 4.79 Å². The fourth-order valence-corrected chi connectivity index (χ4v) is 2.62. The van der Waals surface area contributed by atoms with Crippen molar-refractivity contribution in [3.63, 3.8) is 0 Å². The Morgan fingerprint density at radius 3 is 2.63 bits per heavy atom. The zero-order valence-corrected chi connectivity index (χ0v) is 14.6. The van der Waals surface area contributed by atoms with Crippen molar-refractivity contribution in [3.8, 4) is 5.75 Å². The van der Waals surface area contributed by atoms with Crippen molar-refractivity contribution in [2.24, 2.45) is 11.8 Å². The number of Topliss-reactive ketones (excluding diaryl/α,β-unsaturated/α-hetero) is 1. The van der Waals surface area contributed by atoms with Crippen LogP contribution >= 0.6 is 0 Å². The van der Waals surface area contributed by atoms with Gasteiger partial charge in [0.05, 0.1) is 5.92 Å². The SMILES string of the molecule is CC(=O)Oc1ccc(COC(=O)C2COC(=O)[C@@H]2CCC(=O)C=[N+]=[N-])cc1. The summed E-state index contributed by atoms with van der Waals surface area (Å²) in [6, 6.07) is 6.44. The molecule has 0 aliphatic carbocycles. The van der Waals surface area contributed by atoms with E-state index < -0.39 is 35.5 Å². The molecule has 1 aliphatic rings. The van der Waals surface area contributed by atoms with Crippen LogP contribution in [0.5, 0.6) is 5.75 Å². The minimum Gasteiger partial charge on any atom is -0.465 e. The molecule has 1 heterocycles. The molecule has 1 aromatic rings. The zero-order valence-electron chi connectivity index (χ0n) is 14.6. The van der Waals surface area contributed by atoms with E-state index in [0.717, 1.165) is 6.21 Å². The molecule has 1 unspecified atom stereocenters. The summed E-state index contributed by atoms with van der Waals surface area (Å²) in [5.74, 6) is -3.25. The van der Waals surface area contributed by atoms with E-state index in [9.17, 15) is 19.2 Å². The second kappa shape index (κ2) is 9.40. The van der Waals surface area contributed by atoms with Gasteiger partial charge in [0.2, 0.25) is 5.78 Å². The van der Waals surface area contributed by atoms with Crippen LogP contribution in [-0.4, -0.2) is 41.3 Å². The molecular formula is C18H18N2O7. The molecule has 9 heteroatoms. The van der Waals surface area contributed by atoms with E-state index in [0.29, 0.717) is 11.3 Å². The topological polar surface area (TPSA) is 132 Å². The van der Waals surface area contributed by atoms with Crippen LogP contribution < -0.4 is 4.74 Å². The molecule has 9 nitrogen and oxygen atoms in total. The lowest BCUT2D eigenvalue weighted by Crippen LogP contribution is -2.26. The Balaban J connectivity index is 1.89. The number of nitrogens with zero attached hydrogens (tertiary/aromatic N) is 2. The number of hydrogen-bond acceptors (Lipinski definition) is 7. The van der Waals surface area contributed by atoms with Gasteiger partial charge in [-0.1, -0.05) is 12.1 Å². The largest absolute Gasteiger partial charge is 0.465 e. The molecule has 0 radical (unpaired) electrons. The summed E-state index contributed by atoms with van der Waals surface area (Å²) >= 11 is 0. The third-order valence-corrected chi connectivity index (χ3v) is 3.97. The summed E-state index contributed by atoms with van der Waals surface area (Å²) < 4.78 is 15.1. The minimum atomic E-state index is -0.795. The maximum atomic E-state index is 12.3. The van der Waals surface area contributed by atoms with Gasteiger partial charge in [0.1, 0.15) is 24.9 Å². The van der Waals surface area contributed by atoms with Crippen LogP contribution in [0.25, 0.3) is 5.53 Å². The number of ether oxygens (including phenoxy) is 3.